The molecule has 1 heterocycles. The Morgan fingerprint density at radius 3 is 2.67 bits per heavy atom. The first kappa shape index (κ1) is 19.0. The Bertz CT molecular complexity index is 950. The number of aromatic amines is 1. The summed E-state index contributed by atoms with van der Waals surface area (Å²) in [6, 6.07) is 17.9. The largest absolute Gasteiger partial charge is 0.343 e. The lowest BCUT2D eigenvalue weighted by molar-refractivity contribution is -0.113. The predicted molar refractivity (Wildman–Crippen MR) is 108 cm³/mol. The fourth-order valence-electron chi connectivity index (χ4n) is 2.76. The van der Waals surface area contributed by atoms with Crippen LogP contribution in [0.4, 0.5) is 5.69 Å². The topological polar surface area (TPSA) is 79.8 Å². The number of benzene rings is 2. The molecule has 6 nitrogen and oxygen atoms in total. The van der Waals surface area contributed by atoms with Gasteiger partial charge in [-0.15, -0.1) is 5.10 Å². The van der Waals surface area contributed by atoms with E-state index in [1.54, 1.807) is 4.57 Å². The number of H-pyrrole nitrogens is 1. The first-order chi connectivity index (χ1) is 13.2. The van der Waals surface area contributed by atoms with Crippen LogP contribution in [0.5, 0.6) is 0 Å². The third-order valence-corrected chi connectivity index (χ3v) is 5.01. The third-order valence-electron chi connectivity index (χ3n) is 4.03. The SMILES string of the molecule is CCCn1c(SCC(=O)Nc2ccccc2Cc2ccccc2)n[nH]c1=O. The zero-order chi connectivity index (χ0) is 19.1. The van der Waals surface area contributed by atoms with Gasteiger partial charge in [-0.05, 0) is 30.0 Å². The molecule has 2 aromatic carbocycles. The number of hydrogen-bond donors (Lipinski definition) is 2. The molecule has 0 saturated heterocycles. The summed E-state index contributed by atoms with van der Waals surface area (Å²) in [6.45, 7) is 2.57. The van der Waals surface area contributed by atoms with Gasteiger partial charge in [0.25, 0.3) is 0 Å². The summed E-state index contributed by atoms with van der Waals surface area (Å²) in [5.41, 5.74) is 2.81. The van der Waals surface area contributed by atoms with Gasteiger partial charge in [0.15, 0.2) is 5.16 Å². The molecule has 1 aromatic heterocycles. The Kier molecular flexibility index (Phi) is 6.49. The number of carbonyl (C=O) groups is 1. The van der Waals surface area contributed by atoms with Gasteiger partial charge >= 0.3 is 5.69 Å². The molecule has 0 aliphatic carbocycles. The smallest absolute Gasteiger partial charge is 0.325 e. The molecule has 2 N–H and O–H groups in total. The summed E-state index contributed by atoms with van der Waals surface area (Å²) >= 11 is 1.25. The van der Waals surface area contributed by atoms with Crippen molar-refractivity contribution >= 4 is 23.4 Å². The van der Waals surface area contributed by atoms with Crippen LogP contribution < -0.4 is 11.0 Å². The van der Waals surface area contributed by atoms with E-state index in [-0.39, 0.29) is 17.3 Å². The minimum absolute atomic E-state index is 0.126. The maximum absolute atomic E-state index is 12.4. The Morgan fingerprint density at radius 1 is 1.15 bits per heavy atom. The van der Waals surface area contributed by atoms with Crippen LogP contribution in [0.2, 0.25) is 0 Å². The number of nitrogens with zero attached hydrogens (tertiary/aromatic N) is 2. The highest BCUT2D eigenvalue weighted by Crippen LogP contribution is 2.20. The van der Waals surface area contributed by atoms with Gasteiger partial charge in [-0.3, -0.25) is 9.36 Å². The summed E-state index contributed by atoms with van der Waals surface area (Å²) in [5, 5.41) is 9.94. The van der Waals surface area contributed by atoms with E-state index in [0.717, 1.165) is 24.1 Å². The molecule has 1 amide bonds. The van der Waals surface area contributed by atoms with E-state index in [1.165, 1.54) is 17.3 Å². The van der Waals surface area contributed by atoms with Crippen LogP contribution in [-0.2, 0) is 17.8 Å². The Hall–Kier alpha value is -2.80. The summed E-state index contributed by atoms with van der Waals surface area (Å²) < 4.78 is 1.56. The van der Waals surface area contributed by atoms with E-state index in [0.29, 0.717) is 11.7 Å². The Morgan fingerprint density at radius 2 is 1.89 bits per heavy atom. The van der Waals surface area contributed by atoms with Crippen molar-refractivity contribution in [2.24, 2.45) is 0 Å². The number of amides is 1. The molecular formula is C20H22N4O2S. The van der Waals surface area contributed by atoms with Crippen molar-refractivity contribution in [3.8, 4) is 0 Å². The third kappa shape index (κ3) is 5.10. The van der Waals surface area contributed by atoms with Crippen molar-refractivity contribution < 1.29 is 4.79 Å². The van der Waals surface area contributed by atoms with Gasteiger partial charge in [-0.1, -0.05) is 67.2 Å². The van der Waals surface area contributed by atoms with Crippen LogP contribution in [0, 0.1) is 0 Å². The molecule has 27 heavy (non-hydrogen) atoms. The average molecular weight is 382 g/mol. The standard InChI is InChI=1S/C20H22N4O2S/c1-2-12-24-19(26)22-23-20(24)27-14-18(25)21-17-11-7-6-10-16(17)13-15-8-4-3-5-9-15/h3-11H,2,12-14H2,1H3,(H,21,25)(H,22,26). The van der Waals surface area contributed by atoms with Gasteiger partial charge < -0.3 is 5.32 Å². The van der Waals surface area contributed by atoms with Gasteiger partial charge in [0.05, 0.1) is 5.75 Å². The summed E-state index contributed by atoms with van der Waals surface area (Å²) in [4.78, 5) is 24.1. The minimum Gasteiger partial charge on any atom is -0.325 e. The molecule has 140 valence electrons. The van der Waals surface area contributed by atoms with Gasteiger partial charge in [-0.2, -0.15) is 0 Å². The van der Waals surface area contributed by atoms with Crippen molar-refractivity contribution in [3.63, 3.8) is 0 Å². The van der Waals surface area contributed by atoms with E-state index in [1.807, 2.05) is 49.4 Å². The fourth-order valence-corrected chi connectivity index (χ4v) is 3.54. The van der Waals surface area contributed by atoms with Gasteiger partial charge in [-0.25, -0.2) is 9.89 Å². The summed E-state index contributed by atoms with van der Waals surface area (Å²) in [6.07, 6.45) is 1.58. The highest BCUT2D eigenvalue weighted by molar-refractivity contribution is 7.99. The first-order valence-corrected chi connectivity index (χ1v) is 9.85. The summed E-state index contributed by atoms with van der Waals surface area (Å²) in [5.74, 6) is 0.0623. The second-order valence-corrected chi connectivity index (χ2v) is 7.06. The quantitative estimate of drug-likeness (QED) is 0.586. The van der Waals surface area contributed by atoms with E-state index in [9.17, 15) is 9.59 Å². The van der Waals surface area contributed by atoms with Gasteiger partial charge in [0.2, 0.25) is 5.91 Å². The highest BCUT2D eigenvalue weighted by atomic mass is 32.2. The van der Waals surface area contributed by atoms with Crippen LogP contribution in [0.1, 0.15) is 24.5 Å². The lowest BCUT2D eigenvalue weighted by Crippen LogP contribution is -2.19. The molecule has 0 radical (unpaired) electrons. The van der Waals surface area contributed by atoms with E-state index >= 15 is 0 Å². The molecule has 0 fully saturated rings. The van der Waals surface area contributed by atoms with E-state index in [2.05, 4.69) is 27.6 Å². The van der Waals surface area contributed by atoms with Crippen LogP contribution in [0.25, 0.3) is 0 Å². The summed E-state index contributed by atoms with van der Waals surface area (Å²) in [7, 11) is 0. The number of hydrogen-bond acceptors (Lipinski definition) is 4. The molecule has 0 bridgehead atoms. The lowest BCUT2D eigenvalue weighted by Gasteiger charge is -2.11. The number of carbonyl (C=O) groups excluding carboxylic acids is 1. The molecule has 0 unspecified atom stereocenters. The molecule has 3 rings (SSSR count). The number of rotatable bonds is 8. The zero-order valence-corrected chi connectivity index (χ0v) is 16.0. The average Bonchev–Trinajstić information content (AvgIpc) is 3.03. The Labute approximate surface area is 162 Å². The lowest BCUT2D eigenvalue weighted by atomic mass is 10.0. The second kappa shape index (κ2) is 9.23. The normalized spacial score (nSPS) is 10.7. The molecular weight excluding hydrogens is 360 g/mol. The van der Waals surface area contributed by atoms with Crippen molar-refractivity contribution in [3.05, 3.63) is 76.2 Å². The van der Waals surface area contributed by atoms with Crippen LogP contribution in [0.15, 0.2) is 64.5 Å². The number of anilines is 1. The molecule has 7 heteroatoms. The molecule has 0 spiro atoms. The van der Waals surface area contributed by atoms with Crippen molar-refractivity contribution in [1.82, 2.24) is 14.8 Å². The number of thioether (sulfide) groups is 1. The predicted octanol–water partition coefficient (Wildman–Crippen LogP) is 3.30. The van der Waals surface area contributed by atoms with Gasteiger partial charge in [0, 0.05) is 12.2 Å². The Balaban J connectivity index is 1.64. The maximum Gasteiger partial charge on any atom is 0.343 e. The van der Waals surface area contributed by atoms with Crippen molar-refractivity contribution in [1.29, 1.82) is 0 Å². The van der Waals surface area contributed by atoms with Crippen molar-refractivity contribution in [2.75, 3.05) is 11.1 Å². The van der Waals surface area contributed by atoms with Crippen LogP contribution >= 0.6 is 11.8 Å². The van der Waals surface area contributed by atoms with Crippen molar-refractivity contribution in [2.45, 2.75) is 31.5 Å². The zero-order valence-electron chi connectivity index (χ0n) is 15.1. The second-order valence-electron chi connectivity index (χ2n) is 6.12. The van der Waals surface area contributed by atoms with Crippen LogP contribution in [-0.4, -0.2) is 26.4 Å². The molecule has 0 aliphatic heterocycles. The maximum atomic E-state index is 12.4. The molecule has 3 aromatic rings. The molecule has 0 saturated carbocycles. The van der Waals surface area contributed by atoms with Crippen LogP contribution in [0.3, 0.4) is 0 Å². The van der Waals surface area contributed by atoms with E-state index < -0.39 is 0 Å². The van der Waals surface area contributed by atoms with Gasteiger partial charge in [0.1, 0.15) is 0 Å². The number of para-hydroxylation sites is 1. The first-order valence-electron chi connectivity index (χ1n) is 8.87. The highest BCUT2D eigenvalue weighted by Gasteiger charge is 2.12. The number of nitrogens with one attached hydrogen (secondary N) is 2. The van der Waals surface area contributed by atoms with E-state index in [4.69, 9.17) is 0 Å². The fraction of sp³-hybridized carbons (Fsp3) is 0.250. The minimum atomic E-state index is -0.243. The molecule has 0 atom stereocenters. The molecule has 0 aliphatic rings. The number of aromatic nitrogens is 3. The monoisotopic (exact) mass is 382 g/mol.